The van der Waals surface area contributed by atoms with Crippen LogP contribution in [0.2, 0.25) is 0 Å². The summed E-state index contributed by atoms with van der Waals surface area (Å²) in [4.78, 5) is 78.8. The van der Waals surface area contributed by atoms with E-state index in [0.717, 1.165) is 34.6 Å². The SMILES string of the molecule is CC(=O)ON1C(C)(C)C(O[N+](=O)[O-])C(O[N+](=O)[O-])C(O[N+](=O)[O-])C(O[N+](=O)[O-])C1(C)C. The molecule has 0 radical (unpaired) electrons. The minimum atomic E-state index is -2.33. The Kier molecular flexibility index (Phi) is 7.28. The number of rotatable bonds is 9. The number of hydrogen-bond donors (Lipinski definition) is 0. The Morgan fingerprint density at radius 2 is 1.00 bits per heavy atom. The van der Waals surface area contributed by atoms with Crippen LogP contribution >= 0.6 is 0 Å². The Labute approximate surface area is 172 Å². The molecular formula is C12H19N5O14. The molecule has 1 rings (SSSR count). The van der Waals surface area contributed by atoms with Crippen molar-refractivity contribution >= 4 is 5.97 Å². The van der Waals surface area contributed by atoms with Crippen LogP contribution in [0, 0.1) is 40.5 Å². The van der Waals surface area contributed by atoms with Gasteiger partial charge in [0.2, 0.25) is 0 Å². The third-order valence-electron chi connectivity index (χ3n) is 4.39. The molecule has 176 valence electrons. The number of hydroxylamine groups is 2. The molecule has 0 aromatic carbocycles. The van der Waals surface area contributed by atoms with E-state index in [9.17, 15) is 45.3 Å². The zero-order chi connectivity index (χ0) is 24.3. The summed E-state index contributed by atoms with van der Waals surface area (Å²) >= 11 is 0. The molecule has 1 aliphatic rings. The fourth-order valence-electron chi connectivity index (χ4n) is 3.48. The smallest absolute Gasteiger partial charge is 0.322 e. The Hall–Kier alpha value is -3.77. The maximum atomic E-state index is 11.7. The zero-order valence-corrected chi connectivity index (χ0v) is 16.8. The highest BCUT2D eigenvalue weighted by Gasteiger charge is 2.64. The van der Waals surface area contributed by atoms with Gasteiger partial charge in [-0.15, -0.1) is 45.5 Å². The summed E-state index contributed by atoms with van der Waals surface area (Å²) in [7, 11) is 0. The van der Waals surface area contributed by atoms with Crippen molar-refractivity contribution in [3.8, 4) is 0 Å². The van der Waals surface area contributed by atoms with Crippen LogP contribution in [-0.2, 0) is 29.0 Å². The summed E-state index contributed by atoms with van der Waals surface area (Å²) in [5, 5.41) is 39.3. The molecule has 0 N–H and O–H groups in total. The van der Waals surface area contributed by atoms with E-state index in [1.807, 2.05) is 0 Å². The lowest BCUT2D eigenvalue weighted by atomic mass is 9.91. The van der Waals surface area contributed by atoms with Gasteiger partial charge in [0.1, 0.15) is 0 Å². The van der Waals surface area contributed by atoms with Crippen LogP contribution in [0.3, 0.4) is 0 Å². The van der Waals surface area contributed by atoms with Crippen molar-refractivity contribution in [1.29, 1.82) is 0 Å². The maximum Gasteiger partial charge on any atom is 0.322 e. The van der Waals surface area contributed by atoms with Gasteiger partial charge in [-0.2, -0.15) is 0 Å². The lowest BCUT2D eigenvalue weighted by Crippen LogP contribution is -2.64. The Morgan fingerprint density at radius 3 is 1.23 bits per heavy atom. The first kappa shape index (κ1) is 25.3. The van der Waals surface area contributed by atoms with E-state index in [2.05, 4.69) is 19.4 Å². The number of nitrogens with zero attached hydrogens (tertiary/aromatic N) is 5. The van der Waals surface area contributed by atoms with Crippen molar-refractivity contribution in [1.82, 2.24) is 5.06 Å². The molecule has 0 aromatic heterocycles. The molecule has 1 aliphatic heterocycles. The van der Waals surface area contributed by atoms with Crippen LogP contribution in [0.1, 0.15) is 34.6 Å². The average Bonchev–Trinajstić information content (AvgIpc) is 2.60. The first-order valence-electron chi connectivity index (χ1n) is 8.25. The van der Waals surface area contributed by atoms with Crippen molar-refractivity contribution in [3.63, 3.8) is 0 Å². The summed E-state index contributed by atoms with van der Waals surface area (Å²) in [5.41, 5.74) is -3.84. The van der Waals surface area contributed by atoms with E-state index in [-0.39, 0.29) is 0 Å². The Morgan fingerprint density at radius 1 is 0.710 bits per heavy atom. The molecule has 19 nitrogen and oxygen atoms in total. The van der Waals surface area contributed by atoms with Crippen molar-refractivity contribution in [2.75, 3.05) is 0 Å². The maximum absolute atomic E-state index is 11.7. The van der Waals surface area contributed by atoms with Crippen molar-refractivity contribution < 1.29 is 49.3 Å². The molecule has 0 aliphatic carbocycles. The first-order valence-corrected chi connectivity index (χ1v) is 8.25. The highest BCUT2D eigenvalue weighted by molar-refractivity contribution is 5.65. The summed E-state index contributed by atoms with van der Waals surface area (Å²) in [5.74, 6) is -0.999. The summed E-state index contributed by atoms with van der Waals surface area (Å²) < 4.78 is 0. The van der Waals surface area contributed by atoms with Crippen molar-refractivity contribution in [3.05, 3.63) is 40.5 Å². The van der Waals surface area contributed by atoms with Crippen molar-refractivity contribution in [2.45, 2.75) is 70.1 Å². The molecule has 0 spiro atoms. The van der Waals surface area contributed by atoms with E-state index >= 15 is 0 Å². The number of carbonyl (C=O) groups excluding carboxylic acids is 1. The van der Waals surface area contributed by atoms with Crippen LogP contribution in [0.5, 0.6) is 0 Å². The Balaban J connectivity index is 3.90. The second-order valence-electron chi connectivity index (χ2n) is 7.27. The zero-order valence-electron chi connectivity index (χ0n) is 16.8. The number of hydrogen-bond acceptors (Lipinski definition) is 15. The van der Waals surface area contributed by atoms with Gasteiger partial charge in [0, 0.05) is 6.92 Å². The van der Waals surface area contributed by atoms with Crippen LogP contribution in [-0.4, -0.2) is 66.9 Å². The predicted octanol–water partition coefficient (Wildman–Crippen LogP) is -0.355. The largest absolute Gasteiger partial charge is 0.367 e. The van der Waals surface area contributed by atoms with Crippen molar-refractivity contribution in [2.24, 2.45) is 0 Å². The van der Waals surface area contributed by atoms with Crippen LogP contribution in [0.4, 0.5) is 0 Å². The molecule has 1 saturated heterocycles. The van der Waals surface area contributed by atoms with Gasteiger partial charge in [0.15, 0.2) is 24.4 Å². The highest BCUT2D eigenvalue weighted by Crippen LogP contribution is 2.42. The third kappa shape index (κ3) is 5.65. The molecule has 0 aromatic rings. The summed E-state index contributed by atoms with van der Waals surface area (Å²) in [6, 6.07) is 0. The van der Waals surface area contributed by atoms with Gasteiger partial charge in [-0.3, -0.25) is 4.79 Å². The topological polar surface area (TPSA) is 239 Å². The van der Waals surface area contributed by atoms with Crippen LogP contribution in [0.25, 0.3) is 0 Å². The van der Waals surface area contributed by atoms with Crippen LogP contribution < -0.4 is 0 Å². The summed E-state index contributed by atoms with van der Waals surface area (Å²) in [6.07, 6.45) is -8.88. The van der Waals surface area contributed by atoms with Gasteiger partial charge in [-0.25, -0.2) is 0 Å². The van der Waals surface area contributed by atoms with Crippen LogP contribution in [0.15, 0.2) is 0 Å². The monoisotopic (exact) mass is 457 g/mol. The van der Waals surface area contributed by atoms with Gasteiger partial charge < -0.3 is 24.2 Å². The predicted molar refractivity (Wildman–Crippen MR) is 89.2 cm³/mol. The molecule has 19 heteroatoms. The fraction of sp³-hybridized carbons (Fsp3) is 0.917. The van der Waals surface area contributed by atoms with E-state index in [1.54, 1.807) is 0 Å². The molecule has 4 unspecified atom stereocenters. The normalized spacial score (nSPS) is 27.1. The van der Waals surface area contributed by atoms with Gasteiger partial charge in [0.05, 0.1) is 11.1 Å². The first-order chi connectivity index (χ1) is 14.0. The second-order valence-corrected chi connectivity index (χ2v) is 7.27. The molecule has 1 heterocycles. The number of carbonyl (C=O) groups is 1. The van der Waals surface area contributed by atoms with Gasteiger partial charge >= 0.3 is 5.97 Å². The molecular weight excluding hydrogens is 438 g/mol. The molecule has 0 bridgehead atoms. The molecule has 4 atom stereocenters. The highest BCUT2D eigenvalue weighted by atomic mass is 17.0. The molecule has 0 saturated carbocycles. The lowest BCUT2D eigenvalue weighted by Gasteiger charge is -2.47. The van der Waals surface area contributed by atoms with E-state index < -0.39 is 61.8 Å². The molecule has 1 fully saturated rings. The minimum absolute atomic E-state index is 0.685. The van der Waals surface area contributed by atoms with E-state index in [0.29, 0.717) is 5.06 Å². The van der Waals surface area contributed by atoms with E-state index in [4.69, 9.17) is 4.84 Å². The fourth-order valence-corrected chi connectivity index (χ4v) is 3.48. The third-order valence-corrected chi connectivity index (χ3v) is 4.39. The van der Waals surface area contributed by atoms with Gasteiger partial charge in [-0.05, 0) is 27.7 Å². The quantitative estimate of drug-likeness (QED) is 0.317. The van der Waals surface area contributed by atoms with Gasteiger partial charge in [0.25, 0.3) is 20.3 Å². The Bertz CT molecular complexity index is 702. The average molecular weight is 457 g/mol. The minimum Gasteiger partial charge on any atom is -0.367 e. The lowest BCUT2D eigenvalue weighted by molar-refractivity contribution is -0.827. The standard InChI is InChI=1S/C12H19N5O14/c1-6(18)27-13-11(2,3)9(30-16(23)24)7(28-14(19)20)8(29-15(21)22)10(12(13,4)5)31-17(25)26/h7-10H,1-5H3. The molecule has 0 amide bonds. The van der Waals surface area contributed by atoms with E-state index in [1.165, 1.54) is 0 Å². The van der Waals surface area contributed by atoms with Gasteiger partial charge in [-0.1, -0.05) is 0 Å². The second kappa shape index (κ2) is 8.93. The molecule has 31 heavy (non-hydrogen) atoms. The summed E-state index contributed by atoms with van der Waals surface area (Å²) in [6.45, 7) is 5.54.